The first-order chi connectivity index (χ1) is 15.7. The molecule has 0 bridgehead atoms. The van der Waals surface area contributed by atoms with Gasteiger partial charge in [0.05, 0.1) is 33.9 Å². The van der Waals surface area contributed by atoms with E-state index in [1.807, 2.05) is 0 Å². The molecule has 0 aliphatic carbocycles. The molecule has 0 aliphatic rings. The third-order valence-electron chi connectivity index (χ3n) is 4.60. The van der Waals surface area contributed by atoms with Gasteiger partial charge in [0, 0.05) is 12.1 Å². The summed E-state index contributed by atoms with van der Waals surface area (Å²) in [4.78, 5) is 22.7. The average Bonchev–Trinajstić information content (AvgIpc) is 2.79. The molecule has 3 aromatic rings. The topological polar surface area (TPSA) is 137 Å². The molecule has 0 fully saturated rings. The summed E-state index contributed by atoms with van der Waals surface area (Å²) in [6.45, 7) is 1.17. The Bertz CT molecular complexity index is 1280. The highest BCUT2D eigenvalue weighted by molar-refractivity contribution is 7.92. The number of nitrogens with zero attached hydrogens (tertiary/aromatic N) is 1. The van der Waals surface area contributed by atoms with Crippen molar-refractivity contribution >= 4 is 33.0 Å². The molecule has 0 atom stereocenters. The van der Waals surface area contributed by atoms with Gasteiger partial charge in [-0.25, -0.2) is 8.42 Å². The van der Waals surface area contributed by atoms with Crippen molar-refractivity contribution in [1.29, 1.82) is 0 Å². The van der Waals surface area contributed by atoms with Gasteiger partial charge in [-0.1, -0.05) is 12.1 Å². The number of nitro groups is 1. The van der Waals surface area contributed by atoms with E-state index in [0.717, 1.165) is 0 Å². The van der Waals surface area contributed by atoms with E-state index in [4.69, 9.17) is 9.47 Å². The van der Waals surface area contributed by atoms with Crippen LogP contribution in [0.25, 0.3) is 0 Å². The maximum atomic E-state index is 12.6. The molecule has 0 unspecified atom stereocenters. The number of anilines is 2. The highest BCUT2D eigenvalue weighted by Gasteiger charge is 2.16. The van der Waals surface area contributed by atoms with Gasteiger partial charge >= 0.3 is 0 Å². The summed E-state index contributed by atoms with van der Waals surface area (Å²) in [5, 5.41) is 13.6. The summed E-state index contributed by atoms with van der Waals surface area (Å²) < 4.78 is 38.1. The number of benzene rings is 3. The lowest BCUT2D eigenvalue weighted by Gasteiger charge is -2.11. The maximum Gasteiger partial charge on any atom is 0.274 e. The Hall–Kier alpha value is -4.12. The first kappa shape index (κ1) is 23.5. The van der Waals surface area contributed by atoms with E-state index in [0.29, 0.717) is 22.7 Å². The van der Waals surface area contributed by atoms with E-state index >= 15 is 0 Å². The van der Waals surface area contributed by atoms with E-state index < -0.39 is 20.9 Å². The summed E-state index contributed by atoms with van der Waals surface area (Å²) in [7, 11) is -2.35. The Morgan fingerprint density at radius 1 is 1.03 bits per heavy atom. The number of sulfonamides is 1. The van der Waals surface area contributed by atoms with Crippen molar-refractivity contribution in [3.05, 3.63) is 82.4 Å². The molecule has 0 spiro atoms. The smallest absolute Gasteiger partial charge is 0.274 e. The number of hydrogen-bond donors (Lipinski definition) is 2. The van der Waals surface area contributed by atoms with Gasteiger partial charge in [-0.05, 0) is 49.4 Å². The lowest BCUT2D eigenvalue weighted by molar-refractivity contribution is -0.385. The van der Waals surface area contributed by atoms with Gasteiger partial charge in [-0.3, -0.25) is 19.6 Å². The van der Waals surface area contributed by atoms with Crippen LogP contribution < -0.4 is 19.5 Å². The van der Waals surface area contributed by atoms with E-state index in [-0.39, 0.29) is 22.9 Å². The monoisotopic (exact) mass is 471 g/mol. The lowest BCUT2D eigenvalue weighted by atomic mass is 10.1. The molecule has 2 N–H and O–H groups in total. The van der Waals surface area contributed by atoms with Crippen LogP contribution in [-0.4, -0.2) is 33.0 Å². The number of carbonyl (C=O) groups is 1. The van der Waals surface area contributed by atoms with Crippen molar-refractivity contribution < 1.29 is 27.6 Å². The Labute approximate surface area is 190 Å². The summed E-state index contributed by atoms with van der Waals surface area (Å²) >= 11 is 0. The Morgan fingerprint density at radius 2 is 1.73 bits per heavy atom. The normalized spacial score (nSPS) is 10.8. The number of methoxy groups -OCH3 is 1. The predicted octanol–water partition coefficient (Wildman–Crippen LogP) is 3.73. The molecule has 0 aromatic heterocycles. The maximum absolute atomic E-state index is 12.6. The van der Waals surface area contributed by atoms with Crippen molar-refractivity contribution in [2.24, 2.45) is 0 Å². The van der Waals surface area contributed by atoms with Gasteiger partial charge in [0.15, 0.2) is 6.61 Å². The number of ether oxygens (including phenoxy) is 2. The molecule has 0 saturated carbocycles. The zero-order chi connectivity index (χ0) is 24.0. The summed E-state index contributed by atoms with van der Waals surface area (Å²) in [6, 6.07) is 16.4. The highest BCUT2D eigenvalue weighted by atomic mass is 32.2. The quantitative estimate of drug-likeness (QED) is 0.358. The SMILES string of the molecule is COc1cccc(NS(=O)(=O)c2ccc(OCC(=O)Nc3cccc([N+](=O)[O-])c3C)cc2)c1. The first-order valence-corrected chi connectivity index (χ1v) is 11.1. The summed E-state index contributed by atoms with van der Waals surface area (Å²) in [5.41, 5.74) is 0.882. The predicted molar refractivity (Wildman–Crippen MR) is 122 cm³/mol. The molecular formula is C22H21N3O7S. The van der Waals surface area contributed by atoms with Gasteiger partial charge < -0.3 is 14.8 Å². The molecule has 0 radical (unpaired) electrons. The first-order valence-electron chi connectivity index (χ1n) is 9.63. The van der Waals surface area contributed by atoms with Crippen molar-refractivity contribution in [3.8, 4) is 11.5 Å². The van der Waals surface area contributed by atoms with Gasteiger partial charge in [-0.15, -0.1) is 0 Å². The molecule has 0 heterocycles. The van der Waals surface area contributed by atoms with Gasteiger partial charge in [0.1, 0.15) is 11.5 Å². The molecular weight excluding hydrogens is 450 g/mol. The average molecular weight is 471 g/mol. The van der Waals surface area contributed by atoms with E-state index in [9.17, 15) is 23.3 Å². The highest BCUT2D eigenvalue weighted by Crippen LogP contribution is 2.25. The van der Waals surface area contributed by atoms with Crippen LogP contribution in [0.4, 0.5) is 17.1 Å². The zero-order valence-corrected chi connectivity index (χ0v) is 18.6. The number of carbonyl (C=O) groups excluding carboxylic acids is 1. The number of nitro benzene ring substituents is 1. The minimum atomic E-state index is -3.84. The van der Waals surface area contributed by atoms with E-state index in [1.54, 1.807) is 30.3 Å². The van der Waals surface area contributed by atoms with Crippen LogP contribution in [0.5, 0.6) is 11.5 Å². The third-order valence-corrected chi connectivity index (χ3v) is 6.00. The fourth-order valence-corrected chi connectivity index (χ4v) is 3.96. The molecule has 1 amide bonds. The standard InChI is InChI=1S/C22H21N3O7S/c1-15-20(7-4-8-21(15)25(27)28)23-22(26)14-32-17-9-11-19(12-10-17)33(29,30)24-16-5-3-6-18(13-16)31-2/h3-13,24H,14H2,1-2H3,(H,23,26). The van der Waals surface area contributed by atoms with E-state index in [1.165, 1.54) is 50.4 Å². The number of nitrogens with one attached hydrogen (secondary N) is 2. The second-order valence-corrected chi connectivity index (χ2v) is 8.53. The van der Waals surface area contributed by atoms with Crippen LogP contribution in [0.1, 0.15) is 5.56 Å². The van der Waals surface area contributed by atoms with Gasteiger partial charge in [-0.2, -0.15) is 0 Å². The minimum Gasteiger partial charge on any atom is -0.497 e. The molecule has 33 heavy (non-hydrogen) atoms. The van der Waals surface area contributed by atoms with Gasteiger partial charge in [0.2, 0.25) is 0 Å². The van der Waals surface area contributed by atoms with Gasteiger partial charge in [0.25, 0.3) is 21.6 Å². The van der Waals surface area contributed by atoms with Crippen LogP contribution in [0.3, 0.4) is 0 Å². The molecule has 0 aliphatic heterocycles. The minimum absolute atomic E-state index is 0.00865. The second-order valence-electron chi connectivity index (χ2n) is 6.85. The largest absolute Gasteiger partial charge is 0.497 e. The molecule has 11 heteroatoms. The second kappa shape index (κ2) is 10.0. The fraction of sp³-hybridized carbons (Fsp3) is 0.136. The van der Waals surface area contributed by atoms with Crippen LogP contribution in [-0.2, 0) is 14.8 Å². The van der Waals surface area contributed by atoms with Crippen molar-refractivity contribution in [3.63, 3.8) is 0 Å². The van der Waals surface area contributed by atoms with Crippen LogP contribution in [0.15, 0.2) is 71.6 Å². The molecule has 3 aromatic carbocycles. The van der Waals surface area contributed by atoms with Crippen LogP contribution in [0, 0.1) is 17.0 Å². The molecule has 172 valence electrons. The van der Waals surface area contributed by atoms with Crippen LogP contribution >= 0.6 is 0 Å². The Kier molecular flexibility index (Phi) is 7.13. The van der Waals surface area contributed by atoms with Crippen molar-refractivity contribution in [2.75, 3.05) is 23.8 Å². The zero-order valence-electron chi connectivity index (χ0n) is 17.8. The lowest BCUT2D eigenvalue weighted by Crippen LogP contribution is -2.21. The molecule has 3 rings (SSSR count). The number of hydrogen-bond acceptors (Lipinski definition) is 7. The van der Waals surface area contributed by atoms with Crippen molar-refractivity contribution in [2.45, 2.75) is 11.8 Å². The van der Waals surface area contributed by atoms with Crippen molar-refractivity contribution in [1.82, 2.24) is 0 Å². The molecule has 10 nitrogen and oxygen atoms in total. The number of amides is 1. The number of rotatable bonds is 9. The van der Waals surface area contributed by atoms with Crippen LogP contribution in [0.2, 0.25) is 0 Å². The molecule has 0 saturated heterocycles. The Morgan fingerprint density at radius 3 is 2.39 bits per heavy atom. The Balaban J connectivity index is 1.61. The summed E-state index contributed by atoms with van der Waals surface area (Å²) in [5.74, 6) is 0.272. The van der Waals surface area contributed by atoms with E-state index in [2.05, 4.69) is 10.0 Å². The summed E-state index contributed by atoms with van der Waals surface area (Å²) in [6.07, 6.45) is 0. The fourth-order valence-electron chi connectivity index (χ4n) is 2.91. The third kappa shape index (κ3) is 5.98.